The van der Waals surface area contributed by atoms with Gasteiger partial charge in [0.25, 0.3) is 0 Å². The van der Waals surface area contributed by atoms with Crippen molar-refractivity contribution in [1.82, 2.24) is 19.6 Å². The highest BCUT2D eigenvalue weighted by Crippen LogP contribution is 2.05. The first-order chi connectivity index (χ1) is 8.29. The van der Waals surface area contributed by atoms with Gasteiger partial charge in [-0.3, -0.25) is 14.5 Å². The lowest BCUT2D eigenvalue weighted by molar-refractivity contribution is 0.115. The topological polar surface area (TPSA) is 48.1 Å². The Kier molecular flexibility index (Phi) is 4.13. The minimum atomic E-state index is 0.0447. The van der Waals surface area contributed by atoms with Gasteiger partial charge >= 0.3 is 0 Å². The molecule has 0 spiro atoms. The Morgan fingerprint density at radius 3 is 2.65 bits per heavy atom. The van der Waals surface area contributed by atoms with Crippen LogP contribution in [0.25, 0.3) is 0 Å². The van der Waals surface area contributed by atoms with Crippen LogP contribution in [0.5, 0.6) is 0 Å². The Labute approximate surface area is 102 Å². The summed E-state index contributed by atoms with van der Waals surface area (Å²) in [7, 11) is 0. The van der Waals surface area contributed by atoms with Crippen molar-refractivity contribution in [3.8, 4) is 6.07 Å². The van der Waals surface area contributed by atoms with Crippen LogP contribution in [0.15, 0.2) is 18.5 Å². The van der Waals surface area contributed by atoms with E-state index in [0.29, 0.717) is 0 Å². The Morgan fingerprint density at radius 2 is 2.06 bits per heavy atom. The van der Waals surface area contributed by atoms with E-state index in [0.717, 1.165) is 39.3 Å². The van der Waals surface area contributed by atoms with Crippen LogP contribution in [0.3, 0.4) is 0 Å². The molecule has 1 fully saturated rings. The van der Waals surface area contributed by atoms with Crippen LogP contribution in [0.1, 0.15) is 6.92 Å². The van der Waals surface area contributed by atoms with Gasteiger partial charge in [0.1, 0.15) is 0 Å². The van der Waals surface area contributed by atoms with Crippen LogP contribution in [-0.2, 0) is 6.54 Å². The quantitative estimate of drug-likeness (QED) is 0.756. The number of aromatic nitrogens is 2. The zero-order valence-corrected chi connectivity index (χ0v) is 10.3. The highest BCUT2D eigenvalue weighted by molar-refractivity contribution is 4.90. The van der Waals surface area contributed by atoms with Gasteiger partial charge in [-0.2, -0.15) is 10.4 Å². The van der Waals surface area contributed by atoms with E-state index < -0.39 is 0 Å². The summed E-state index contributed by atoms with van der Waals surface area (Å²) in [5.74, 6) is 0. The number of hydrogen-bond acceptors (Lipinski definition) is 4. The molecule has 1 aliphatic rings. The monoisotopic (exact) mass is 233 g/mol. The van der Waals surface area contributed by atoms with E-state index in [2.05, 4.69) is 21.0 Å². The third-order valence-corrected chi connectivity index (χ3v) is 3.35. The lowest BCUT2D eigenvalue weighted by atomic mass is 10.2. The second-order valence-corrected chi connectivity index (χ2v) is 4.45. The van der Waals surface area contributed by atoms with Crippen LogP contribution in [0, 0.1) is 11.3 Å². The van der Waals surface area contributed by atoms with Gasteiger partial charge in [0.2, 0.25) is 0 Å². The second-order valence-electron chi connectivity index (χ2n) is 4.45. The average molecular weight is 233 g/mol. The molecule has 0 amide bonds. The van der Waals surface area contributed by atoms with E-state index in [9.17, 15) is 0 Å². The average Bonchev–Trinajstić information content (AvgIpc) is 2.89. The lowest BCUT2D eigenvalue weighted by Crippen LogP contribution is -2.49. The molecule has 0 N–H and O–H groups in total. The maximum Gasteiger partial charge on any atom is 0.0950 e. The number of rotatable bonds is 4. The van der Waals surface area contributed by atoms with Gasteiger partial charge in [-0.05, 0) is 13.0 Å². The van der Waals surface area contributed by atoms with Crippen LogP contribution in [0.4, 0.5) is 0 Å². The molecule has 0 radical (unpaired) electrons. The second kappa shape index (κ2) is 5.80. The number of nitriles is 1. The highest BCUT2D eigenvalue weighted by Gasteiger charge is 2.20. The molecule has 5 heteroatoms. The molecule has 1 aromatic rings. The maximum atomic E-state index is 8.86. The van der Waals surface area contributed by atoms with Crippen molar-refractivity contribution in [2.45, 2.75) is 19.5 Å². The van der Waals surface area contributed by atoms with E-state index in [1.54, 1.807) is 0 Å². The first-order valence-electron chi connectivity index (χ1n) is 6.13. The van der Waals surface area contributed by atoms with Crippen LogP contribution >= 0.6 is 0 Å². The molecule has 0 aromatic carbocycles. The summed E-state index contributed by atoms with van der Waals surface area (Å²) in [6.45, 7) is 8.04. The normalized spacial score (nSPS) is 20.0. The van der Waals surface area contributed by atoms with Gasteiger partial charge < -0.3 is 0 Å². The Morgan fingerprint density at radius 1 is 1.29 bits per heavy atom. The number of hydrogen-bond donors (Lipinski definition) is 0. The standard InChI is InChI=1S/C12H19N5/c1-12(11-13)16-8-5-15(6-9-16)7-10-17-4-2-3-14-17/h2-4,12H,5-10H2,1H3. The molecule has 2 rings (SSSR count). The molecule has 1 unspecified atom stereocenters. The van der Waals surface area contributed by atoms with E-state index >= 15 is 0 Å². The Hall–Kier alpha value is -1.38. The van der Waals surface area contributed by atoms with Crippen molar-refractivity contribution < 1.29 is 0 Å². The molecule has 92 valence electrons. The van der Waals surface area contributed by atoms with E-state index in [4.69, 9.17) is 5.26 Å². The first-order valence-corrected chi connectivity index (χ1v) is 6.13. The van der Waals surface area contributed by atoms with E-state index in [-0.39, 0.29) is 6.04 Å². The summed E-state index contributed by atoms with van der Waals surface area (Å²) in [5.41, 5.74) is 0. The van der Waals surface area contributed by atoms with Crippen LogP contribution < -0.4 is 0 Å². The van der Waals surface area contributed by atoms with Gasteiger partial charge in [0.15, 0.2) is 0 Å². The molecule has 0 saturated carbocycles. The summed E-state index contributed by atoms with van der Waals surface area (Å²) in [6.07, 6.45) is 3.81. The fourth-order valence-corrected chi connectivity index (χ4v) is 2.13. The summed E-state index contributed by atoms with van der Waals surface area (Å²) in [6, 6.07) is 4.29. The van der Waals surface area contributed by atoms with Gasteiger partial charge in [-0.1, -0.05) is 0 Å². The molecule has 1 atom stereocenters. The fourth-order valence-electron chi connectivity index (χ4n) is 2.13. The lowest BCUT2D eigenvalue weighted by Gasteiger charge is -2.35. The van der Waals surface area contributed by atoms with Crippen LogP contribution in [-0.4, -0.2) is 58.3 Å². The molecule has 1 saturated heterocycles. The smallest absolute Gasteiger partial charge is 0.0950 e. The predicted molar refractivity (Wildman–Crippen MR) is 65.3 cm³/mol. The van der Waals surface area contributed by atoms with E-state index in [1.807, 2.05) is 30.1 Å². The Bertz CT molecular complexity index is 359. The highest BCUT2D eigenvalue weighted by atomic mass is 15.3. The van der Waals surface area contributed by atoms with Gasteiger partial charge in [-0.25, -0.2) is 0 Å². The van der Waals surface area contributed by atoms with Crippen molar-refractivity contribution in [2.24, 2.45) is 0 Å². The van der Waals surface area contributed by atoms with Crippen molar-refractivity contribution in [2.75, 3.05) is 32.7 Å². The van der Waals surface area contributed by atoms with Gasteiger partial charge in [0.05, 0.1) is 18.7 Å². The molecular weight excluding hydrogens is 214 g/mol. The van der Waals surface area contributed by atoms with Crippen molar-refractivity contribution in [3.63, 3.8) is 0 Å². The van der Waals surface area contributed by atoms with Crippen molar-refractivity contribution in [1.29, 1.82) is 5.26 Å². The molecule has 0 aliphatic carbocycles. The third kappa shape index (κ3) is 3.29. The van der Waals surface area contributed by atoms with Crippen molar-refractivity contribution in [3.05, 3.63) is 18.5 Å². The molecule has 17 heavy (non-hydrogen) atoms. The summed E-state index contributed by atoms with van der Waals surface area (Å²) in [4.78, 5) is 4.67. The molecule has 5 nitrogen and oxygen atoms in total. The molecule has 2 heterocycles. The minimum Gasteiger partial charge on any atom is -0.299 e. The molecule has 0 bridgehead atoms. The molecule has 1 aliphatic heterocycles. The number of nitrogens with zero attached hydrogens (tertiary/aromatic N) is 5. The third-order valence-electron chi connectivity index (χ3n) is 3.35. The number of piperazine rings is 1. The summed E-state index contributed by atoms with van der Waals surface area (Å²) in [5, 5.41) is 13.1. The minimum absolute atomic E-state index is 0.0447. The SMILES string of the molecule is CC(C#N)N1CCN(CCn2cccn2)CC1. The zero-order valence-electron chi connectivity index (χ0n) is 10.3. The summed E-state index contributed by atoms with van der Waals surface area (Å²) >= 11 is 0. The van der Waals surface area contributed by atoms with Crippen molar-refractivity contribution >= 4 is 0 Å². The molecule has 1 aromatic heterocycles. The Balaban J connectivity index is 1.71. The largest absolute Gasteiger partial charge is 0.299 e. The van der Waals surface area contributed by atoms with Gasteiger partial charge in [-0.15, -0.1) is 0 Å². The van der Waals surface area contributed by atoms with E-state index in [1.165, 1.54) is 0 Å². The molecular formula is C12H19N5. The van der Waals surface area contributed by atoms with Gasteiger partial charge in [0, 0.05) is 45.1 Å². The predicted octanol–water partition coefficient (Wildman–Crippen LogP) is 0.413. The first kappa shape index (κ1) is 12.1. The fraction of sp³-hybridized carbons (Fsp3) is 0.667. The van der Waals surface area contributed by atoms with Crippen LogP contribution in [0.2, 0.25) is 0 Å². The maximum absolute atomic E-state index is 8.86. The summed E-state index contributed by atoms with van der Waals surface area (Å²) < 4.78 is 1.96. The zero-order chi connectivity index (χ0) is 12.1.